The molecule has 8 rings (SSSR count). The maximum Gasteiger partial charge on any atom is 0.262 e. The van der Waals surface area contributed by atoms with Gasteiger partial charge in [-0.05, 0) is 75.3 Å². The zero-order chi connectivity index (χ0) is 39.1. The van der Waals surface area contributed by atoms with Crippen molar-refractivity contribution in [2.24, 2.45) is 5.73 Å². The number of hydrogen-bond donors (Lipinski definition) is 1. The number of nitrogens with two attached hydrogens (primary N) is 1. The monoisotopic (exact) mass is 779 g/mol. The number of primary amides is 1. The maximum atomic E-state index is 14.0. The second kappa shape index (κ2) is 15.5. The highest BCUT2D eigenvalue weighted by Gasteiger charge is 2.49. The van der Waals surface area contributed by atoms with Gasteiger partial charge in [-0.2, -0.15) is 5.26 Å². The van der Waals surface area contributed by atoms with Crippen LogP contribution in [0.3, 0.4) is 0 Å². The number of nitrogens with zero attached hydrogens (tertiary/aromatic N) is 8. The first kappa shape index (κ1) is 37.3. The van der Waals surface area contributed by atoms with E-state index in [1.807, 2.05) is 12.1 Å². The molecule has 5 heterocycles. The first-order valence-corrected chi connectivity index (χ1v) is 19.6. The van der Waals surface area contributed by atoms with E-state index in [1.54, 1.807) is 30.3 Å². The van der Waals surface area contributed by atoms with Gasteiger partial charge >= 0.3 is 0 Å². The molecule has 1 aromatic heterocycles. The number of anilines is 2. The smallest absolute Gasteiger partial charge is 0.262 e. The number of halogens is 1. The summed E-state index contributed by atoms with van der Waals surface area (Å²) < 4.78 is 6.10. The number of piperidine rings is 2. The zero-order valence-electron chi connectivity index (χ0n) is 30.8. The summed E-state index contributed by atoms with van der Waals surface area (Å²) in [6.07, 6.45) is 7.07. The summed E-state index contributed by atoms with van der Waals surface area (Å²) in [6, 6.07) is 11.3. The van der Waals surface area contributed by atoms with E-state index in [-0.39, 0.29) is 47.6 Å². The van der Waals surface area contributed by atoms with Crippen molar-refractivity contribution in [3.63, 3.8) is 0 Å². The number of rotatable bonds is 8. The standard InChI is InChI=1S/C40H42ClN9O6/c41-33-20-30(5-1-24(33)21-42)56-29-6-2-27(3-7-29)49-35(51)10-9-34(39(49)55)50-37(53)31-8-4-28(19-32(31)38(50)54)46-13-11-26(12-14-46)47-15-17-48(18-16-47)40-44-22-25(23-45-40)36(43)52/h1,4-5,8,19-20,22-23,26-27,29,34H,2-3,6-7,9-18H2,(H2,43,52). The van der Waals surface area contributed by atoms with E-state index in [9.17, 15) is 24.0 Å². The van der Waals surface area contributed by atoms with E-state index in [1.165, 1.54) is 17.3 Å². The number of imide groups is 2. The molecule has 1 unspecified atom stereocenters. The summed E-state index contributed by atoms with van der Waals surface area (Å²) in [5.41, 5.74) is 7.38. The predicted octanol–water partition coefficient (Wildman–Crippen LogP) is 3.40. The number of ether oxygens (including phenoxy) is 1. The SMILES string of the molecule is N#Cc1ccc(OC2CCC(N3C(=O)CCC(N4C(=O)c5ccc(N6CCC(N7CCN(c8ncc(C(N)=O)cn8)CC7)CC6)cc5C4=O)C3=O)CC2)cc1Cl. The van der Waals surface area contributed by atoms with Gasteiger partial charge in [-0.1, -0.05) is 11.6 Å². The Morgan fingerprint density at radius 3 is 2.14 bits per heavy atom. The van der Waals surface area contributed by atoms with Crippen LogP contribution in [0.15, 0.2) is 48.8 Å². The fourth-order valence-corrected chi connectivity index (χ4v) is 9.01. The molecule has 1 saturated carbocycles. The summed E-state index contributed by atoms with van der Waals surface area (Å²) in [5, 5.41) is 9.46. The van der Waals surface area contributed by atoms with Crippen LogP contribution in [0.5, 0.6) is 5.75 Å². The van der Waals surface area contributed by atoms with Crippen LogP contribution in [0.4, 0.5) is 11.6 Å². The highest BCUT2D eigenvalue weighted by molar-refractivity contribution is 6.31. The molecule has 15 nitrogen and oxygen atoms in total. The summed E-state index contributed by atoms with van der Waals surface area (Å²) in [4.78, 5) is 84.0. The molecule has 1 aliphatic carbocycles. The minimum Gasteiger partial charge on any atom is -0.490 e. The molecule has 3 saturated heterocycles. The second-order valence-corrected chi connectivity index (χ2v) is 15.5. The van der Waals surface area contributed by atoms with Crippen molar-refractivity contribution >= 4 is 52.8 Å². The highest BCUT2D eigenvalue weighted by atomic mass is 35.5. The van der Waals surface area contributed by atoms with Crippen molar-refractivity contribution in [3.8, 4) is 11.8 Å². The normalized spacial score (nSPS) is 23.7. The van der Waals surface area contributed by atoms with Crippen LogP contribution in [0.2, 0.25) is 5.02 Å². The van der Waals surface area contributed by atoms with Crippen molar-refractivity contribution in [2.45, 2.75) is 75.6 Å². The topological polar surface area (TPSA) is 186 Å². The van der Waals surface area contributed by atoms with E-state index in [4.69, 9.17) is 27.3 Å². The Labute approximate surface area is 328 Å². The molecule has 5 aliphatic rings. The third-order valence-electron chi connectivity index (χ3n) is 11.9. The first-order chi connectivity index (χ1) is 27.1. The lowest BCUT2D eigenvalue weighted by Crippen LogP contribution is -2.59. The number of benzene rings is 2. The van der Waals surface area contributed by atoms with E-state index in [2.05, 4.69) is 24.7 Å². The van der Waals surface area contributed by atoms with E-state index >= 15 is 0 Å². The lowest BCUT2D eigenvalue weighted by atomic mass is 9.89. The largest absolute Gasteiger partial charge is 0.490 e. The second-order valence-electron chi connectivity index (χ2n) is 15.0. The minimum atomic E-state index is -1.05. The van der Waals surface area contributed by atoms with Crippen LogP contribution in [-0.4, -0.2) is 118 Å². The van der Waals surface area contributed by atoms with Gasteiger partial charge in [0.2, 0.25) is 11.9 Å². The molecule has 5 amide bonds. The van der Waals surface area contributed by atoms with Crippen LogP contribution in [0, 0.1) is 11.3 Å². The summed E-state index contributed by atoms with van der Waals surface area (Å²) >= 11 is 6.17. The molecular weight excluding hydrogens is 738 g/mol. The van der Waals surface area contributed by atoms with Gasteiger partial charge in [0.15, 0.2) is 0 Å². The van der Waals surface area contributed by atoms with E-state index in [0.717, 1.165) is 62.7 Å². The quantitative estimate of drug-likeness (QED) is 0.329. The molecule has 290 valence electrons. The Hall–Kier alpha value is -5.59. The average Bonchev–Trinajstić information content (AvgIpc) is 3.46. The van der Waals surface area contributed by atoms with Gasteiger partial charge in [-0.3, -0.25) is 38.7 Å². The number of amides is 5. The number of hydrogen-bond acceptors (Lipinski definition) is 12. The Balaban J connectivity index is 0.856. The van der Waals surface area contributed by atoms with Crippen LogP contribution in [0.1, 0.15) is 88.0 Å². The molecular formula is C40H42ClN9O6. The first-order valence-electron chi connectivity index (χ1n) is 19.2. The summed E-state index contributed by atoms with van der Waals surface area (Å²) in [5.74, 6) is -1.21. The zero-order valence-corrected chi connectivity index (χ0v) is 31.6. The van der Waals surface area contributed by atoms with E-state index in [0.29, 0.717) is 54.0 Å². The number of carbonyl (C=O) groups excluding carboxylic acids is 5. The van der Waals surface area contributed by atoms with Gasteiger partial charge < -0.3 is 20.3 Å². The van der Waals surface area contributed by atoms with Gasteiger partial charge in [-0.15, -0.1) is 0 Å². The van der Waals surface area contributed by atoms with Crippen LogP contribution in [0.25, 0.3) is 0 Å². The lowest BCUT2D eigenvalue weighted by molar-refractivity contribution is -0.155. The van der Waals surface area contributed by atoms with E-state index < -0.39 is 29.7 Å². The van der Waals surface area contributed by atoms with Crippen molar-refractivity contribution in [1.82, 2.24) is 24.7 Å². The van der Waals surface area contributed by atoms with Crippen molar-refractivity contribution in [3.05, 3.63) is 76.1 Å². The molecule has 3 aromatic rings. The number of carbonyl (C=O) groups is 5. The molecule has 56 heavy (non-hydrogen) atoms. The summed E-state index contributed by atoms with van der Waals surface area (Å²) in [6.45, 7) is 4.86. The molecule has 16 heteroatoms. The van der Waals surface area contributed by atoms with Gasteiger partial charge in [-0.25, -0.2) is 9.97 Å². The Morgan fingerprint density at radius 1 is 0.786 bits per heavy atom. The van der Waals surface area contributed by atoms with Gasteiger partial charge in [0, 0.05) is 81.9 Å². The van der Waals surface area contributed by atoms with Crippen molar-refractivity contribution in [2.75, 3.05) is 49.1 Å². The van der Waals surface area contributed by atoms with Gasteiger partial charge in [0.05, 0.1) is 33.4 Å². The fourth-order valence-electron chi connectivity index (χ4n) is 8.80. The number of piperazine rings is 1. The van der Waals surface area contributed by atoms with Crippen LogP contribution < -0.4 is 20.3 Å². The van der Waals surface area contributed by atoms with Gasteiger partial charge in [0.1, 0.15) is 17.9 Å². The Morgan fingerprint density at radius 2 is 1.48 bits per heavy atom. The third-order valence-corrected chi connectivity index (χ3v) is 12.2. The molecule has 0 radical (unpaired) electrons. The lowest BCUT2D eigenvalue weighted by Gasteiger charge is -2.43. The third kappa shape index (κ3) is 7.14. The molecule has 2 N–H and O–H groups in total. The Kier molecular flexibility index (Phi) is 10.3. The highest BCUT2D eigenvalue weighted by Crippen LogP contribution is 2.36. The number of likely N-dealkylation sites (tertiary alicyclic amines) is 1. The maximum absolute atomic E-state index is 14.0. The van der Waals surface area contributed by atoms with Crippen LogP contribution >= 0.6 is 11.6 Å². The minimum absolute atomic E-state index is 0.0665. The van der Waals surface area contributed by atoms with Crippen molar-refractivity contribution in [1.29, 1.82) is 5.26 Å². The number of nitriles is 1. The van der Waals surface area contributed by atoms with Gasteiger partial charge in [0.25, 0.3) is 23.6 Å². The molecule has 4 fully saturated rings. The predicted molar refractivity (Wildman–Crippen MR) is 204 cm³/mol. The fraction of sp³-hybridized carbons (Fsp3) is 0.450. The average molecular weight is 780 g/mol. The molecule has 1 atom stereocenters. The van der Waals surface area contributed by atoms with Crippen molar-refractivity contribution < 1.29 is 28.7 Å². The molecule has 0 spiro atoms. The molecule has 2 aromatic carbocycles. The molecule has 0 bridgehead atoms. The van der Waals surface area contributed by atoms with Crippen LogP contribution in [-0.2, 0) is 9.59 Å². The summed E-state index contributed by atoms with van der Waals surface area (Å²) in [7, 11) is 0. The number of aromatic nitrogens is 2. The molecule has 4 aliphatic heterocycles. The Bertz CT molecular complexity index is 2100. The number of fused-ring (bicyclic) bond motifs is 1.